The smallest absolute Gasteiger partial charge is 0.139 e. The first-order valence-corrected chi connectivity index (χ1v) is 6.51. The van der Waals surface area contributed by atoms with Gasteiger partial charge in [-0.15, -0.1) is 0 Å². The van der Waals surface area contributed by atoms with Gasteiger partial charge in [0.1, 0.15) is 11.5 Å². The summed E-state index contributed by atoms with van der Waals surface area (Å²) in [5, 5.41) is 9.52. The van der Waals surface area contributed by atoms with E-state index in [1.807, 2.05) is 24.3 Å². The first kappa shape index (κ1) is 12.3. The second-order valence-corrected chi connectivity index (χ2v) is 5.06. The molecule has 19 heavy (non-hydrogen) atoms. The van der Waals surface area contributed by atoms with Gasteiger partial charge in [-0.05, 0) is 24.3 Å². The summed E-state index contributed by atoms with van der Waals surface area (Å²) in [5.41, 5.74) is 2.75. The van der Waals surface area contributed by atoms with Crippen LogP contribution in [-0.4, -0.2) is 14.5 Å². The van der Waals surface area contributed by atoms with Gasteiger partial charge in [0.2, 0.25) is 0 Å². The van der Waals surface area contributed by atoms with Crippen molar-refractivity contribution in [3.63, 3.8) is 0 Å². The molecule has 0 spiro atoms. The Bertz CT molecular complexity index is 737. The average molecular weight is 321 g/mol. The summed E-state index contributed by atoms with van der Waals surface area (Å²) in [4.78, 5) is 4.45. The van der Waals surface area contributed by atoms with Crippen LogP contribution in [0.3, 0.4) is 0 Å². The molecular weight excluding hydrogens is 311 g/mol. The zero-order valence-electron chi connectivity index (χ0n) is 9.85. The fourth-order valence-corrected chi connectivity index (χ4v) is 2.32. The van der Waals surface area contributed by atoms with E-state index in [1.54, 1.807) is 10.5 Å². The maximum Gasteiger partial charge on any atom is 0.139 e. The highest BCUT2D eigenvalue weighted by Crippen LogP contribution is 2.26. The molecule has 0 saturated carbocycles. The molecule has 3 aromatic rings. The number of hydrogen-bond donors (Lipinski definition) is 1. The molecule has 1 aromatic carbocycles. The summed E-state index contributed by atoms with van der Waals surface area (Å²) in [5.74, 6) is -0.359. The molecule has 0 bridgehead atoms. The number of imidazole rings is 1. The molecule has 0 unspecified atom stereocenters. The van der Waals surface area contributed by atoms with E-state index in [0.29, 0.717) is 17.0 Å². The van der Waals surface area contributed by atoms with Gasteiger partial charge in [-0.1, -0.05) is 28.1 Å². The molecule has 5 heteroatoms. The van der Waals surface area contributed by atoms with Crippen LogP contribution in [-0.2, 0) is 6.61 Å². The van der Waals surface area contributed by atoms with E-state index >= 15 is 0 Å². The van der Waals surface area contributed by atoms with Crippen molar-refractivity contribution in [2.24, 2.45) is 0 Å². The van der Waals surface area contributed by atoms with Crippen LogP contribution in [0.15, 0.2) is 47.1 Å². The summed E-state index contributed by atoms with van der Waals surface area (Å²) in [6, 6.07) is 10.6. The minimum Gasteiger partial charge on any atom is -0.390 e. The molecular formula is C14H10BrFN2O. The van der Waals surface area contributed by atoms with Crippen molar-refractivity contribution in [2.75, 3.05) is 0 Å². The van der Waals surface area contributed by atoms with Crippen LogP contribution in [0.5, 0.6) is 0 Å². The summed E-state index contributed by atoms with van der Waals surface area (Å²) in [7, 11) is 0. The zero-order valence-corrected chi connectivity index (χ0v) is 11.4. The number of halogens is 2. The lowest BCUT2D eigenvalue weighted by Gasteiger charge is -2.02. The maximum absolute atomic E-state index is 13.3. The topological polar surface area (TPSA) is 37.5 Å². The van der Waals surface area contributed by atoms with Crippen LogP contribution >= 0.6 is 15.9 Å². The van der Waals surface area contributed by atoms with Crippen molar-refractivity contribution in [1.82, 2.24) is 9.38 Å². The summed E-state index contributed by atoms with van der Waals surface area (Å²) in [6.07, 6.45) is 1.33. The third-order valence-electron chi connectivity index (χ3n) is 2.95. The SMILES string of the molecule is OCc1c(-c2ccc(Br)cc2)nc2ccc(F)cn12. The highest BCUT2D eigenvalue weighted by molar-refractivity contribution is 9.10. The molecule has 0 fully saturated rings. The number of nitrogens with zero attached hydrogens (tertiary/aromatic N) is 2. The third-order valence-corrected chi connectivity index (χ3v) is 3.48. The van der Waals surface area contributed by atoms with Crippen LogP contribution in [0.1, 0.15) is 5.69 Å². The first-order chi connectivity index (χ1) is 9.19. The highest BCUT2D eigenvalue weighted by Gasteiger charge is 2.13. The van der Waals surface area contributed by atoms with Crippen molar-refractivity contribution in [2.45, 2.75) is 6.61 Å². The van der Waals surface area contributed by atoms with Gasteiger partial charge < -0.3 is 5.11 Å². The van der Waals surface area contributed by atoms with E-state index in [4.69, 9.17) is 0 Å². The van der Waals surface area contributed by atoms with Gasteiger partial charge in [0.05, 0.1) is 18.0 Å². The number of fused-ring (bicyclic) bond motifs is 1. The van der Waals surface area contributed by atoms with E-state index in [1.165, 1.54) is 12.3 Å². The lowest BCUT2D eigenvalue weighted by Crippen LogP contribution is -1.95. The lowest BCUT2D eigenvalue weighted by molar-refractivity contribution is 0.276. The molecule has 3 rings (SSSR count). The molecule has 1 N–H and O–H groups in total. The zero-order chi connectivity index (χ0) is 13.4. The molecule has 0 amide bonds. The van der Waals surface area contributed by atoms with Crippen molar-refractivity contribution < 1.29 is 9.50 Å². The molecule has 0 radical (unpaired) electrons. The van der Waals surface area contributed by atoms with Crippen molar-refractivity contribution in [3.05, 3.63) is 58.6 Å². The minimum absolute atomic E-state index is 0.198. The Kier molecular flexibility index (Phi) is 3.08. The van der Waals surface area contributed by atoms with Crippen LogP contribution < -0.4 is 0 Å². The van der Waals surface area contributed by atoms with Gasteiger partial charge >= 0.3 is 0 Å². The molecule has 0 aliphatic heterocycles. The van der Waals surface area contributed by atoms with E-state index in [2.05, 4.69) is 20.9 Å². The number of pyridine rings is 1. The molecule has 2 heterocycles. The summed E-state index contributed by atoms with van der Waals surface area (Å²) < 4.78 is 15.8. The fourth-order valence-electron chi connectivity index (χ4n) is 2.06. The number of rotatable bonds is 2. The Morgan fingerprint density at radius 1 is 1.16 bits per heavy atom. The molecule has 0 atom stereocenters. The first-order valence-electron chi connectivity index (χ1n) is 5.72. The van der Waals surface area contributed by atoms with Gasteiger partial charge in [-0.2, -0.15) is 0 Å². The monoisotopic (exact) mass is 320 g/mol. The lowest BCUT2D eigenvalue weighted by atomic mass is 10.1. The second-order valence-electron chi connectivity index (χ2n) is 4.15. The molecule has 2 aromatic heterocycles. The minimum atomic E-state index is -0.359. The molecule has 0 aliphatic rings. The van der Waals surface area contributed by atoms with Gasteiger partial charge in [0.25, 0.3) is 0 Å². The Morgan fingerprint density at radius 2 is 1.89 bits per heavy atom. The summed E-state index contributed by atoms with van der Waals surface area (Å²) >= 11 is 3.37. The quantitative estimate of drug-likeness (QED) is 0.785. The van der Waals surface area contributed by atoms with E-state index in [-0.39, 0.29) is 12.4 Å². The summed E-state index contributed by atoms with van der Waals surface area (Å²) in [6.45, 7) is -0.198. The van der Waals surface area contributed by atoms with E-state index in [9.17, 15) is 9.50 Å². The molecule has 96 valence electrons. The number of hydrogen-bond acceptors (Lipinski definition) is 2. The number of benzene rings is 1. The molecule has 0 saturated heterocycles. The van der Waals surface area contributed by atoms with Gasteiger partial charge in [-0.25, -0.2) is 9.37 Å². The van der Waals surface area contributed by atoms with E-state index in [0.717, 1.165) is 10.0 Å². The standard InChI is InChI=1S/C14H10BrFN2O/c15-10-3-1-9(2-4-10)14-12(8-19)18-7-11(16)5-6-13(18)17-14/h1-7,19H,8H2. The fraction of sp³-hybridized carbons (Fsp3) is 0.0714. The largest absolute Gasteiger partial charge is 0.390 e. The van der Waals surface area contributed by atoms with Crippen LogP contribution in [0.4, 0.5) is 4.39 Å². The second kappa shape index (κ2) is 4.75. The Hall–Kier alpha value is -1.72. The van der Waals surface area contributed by atoms with Crippen LogP contribution in [0, 0.1) is 5.82 Å². The average Bonchev–Trinajstić information content (AvgIpc) is 2.77. The number of aromatic nitrogens is 2. The van der Waals surface area contributed by atoms with Crippen molar-refractivity contribution in [3.8, 4) is 11.3 Å². The van der Waals surface area contributed by atoms with Crippen LogP contribution in [0.25, 0.3) is 16.9 Å². The predicted molar refractivity (Wildman–Crippen MR) is 74.2 cm³/mol. The maximum atomic E-state index is 13.3. The number of aliphatic hydroxyl groups excluding tert-OH is 1. The Morgan fingerprint density at radius 3 is 2.58 bits per heavy atom. The number of aliphatic hydroxyl groups is 1. The predicted octanol–water partition coefficient (Wildman–Crippen LogP) is 3.40. The van der Waals surface area contributed by atoms with Crippen molar-refractivity contribution >= 4 is 21.6 Å². The van der Waals surface area contributed by atoms with Crippen molar-refractivity contribution in [1.29, 1.82) is 0 Å². The normalized spacial score (nSPS) is 11.1. The van der Waals surface area contributed by atoms with E-state index < -0.39 is 0 Å². The highest BCUT2D eigenvalue weighted by atomic mass is 79.9. The molecule has 3 nitrogen and oxygen atoms in total. The Labute approximate surface area is 117 Å². The van der Waals surface area contributed by atoms with Gasteiger partial charge in [0.15, 0.2) is 0 Å². The third kappa shape index (κ3) is 2.15. The Balaban J connectivity index is 2.25. The van der Waals surface area contributed by atoms with Gasteiger partial charge in [0, 0.05) is 16.2 Å². The van der Waals surface area contributed by atoms with Gasteiger partial charge in [-0.3, -0.25) is 4.40 Å². The molecule has 0 aliphatic carbocycles. The van der Waals surface area contributed by atoms with Crippen LogP contribution in [0.2, 0.25) is 0 Å².